The lowest BCUT2D eigenvalue weighted by Crippen LogP contribution is -2.39. The van der Waals surface area contributed by atoms with Crippen LogP contribution in [0.1, 0.15) is 6.42 Å². The van der Waals surface area contributed by atoms with Crippen molar-refractivity contribution in [3.05, 3.63) is 29.6 Å². The maximum atomic E-state index is 12.1. The van der Waals surface area contributed by atoms with Gasteiger partial charge in [0.25, 0.3) is 0 Å². The van der Waals surface area contributed by atoms with Gasteiger partial charge in [0.2, 0.25) is 5.91 Å². The number of amides is 1. The minimum Gasteiger partial charge on any atom is -0.496 e. The summed E-state index contributed by atoms with van der Waals surface area (Å²) in [5, 5.41) is 8.82. The van der Waals surface area contributed by atoms with Gasteiger partial charge in [-0.25, -0.2) is 4.98 Å². The van der Waals surface area contributed by atoms with Gasteiger partial charge in [-0.2, -0.15) is 11.8 Å². The highest BCUT2D eigenvalue weighted by atomic mass is 35.5. The molecule has 1 atom stereocenters. The van der Waals surface area contributed by atoms with E-state index in [0.29, 0.717) is 11.6 Å². The Morgan fingerprint density at radius 1 is 1.46 bits per heavy atom. The molecule has 24 heavy (non-hydrogen) atoms. The molecule has 1 saturated heterocycles. The number of rotatable bonds is 5. The average Bonchev–Trinajstić information content (AvgIpc) is 3.03. The van der Waals surface area contributed by atoms with Gasteiger partial charge >= 0.3 is 0 Å². The standard InChI is InChI=1S/C16H19N3O2S2.ClH/c1-21-14-5-3-2-4-12(14)13-10-23-16(18-13)19-15(20)8-11-9-22-7-6-17-11;/h2-5,10-11,17H,6-9H2,1H3,(H,18,19,20);1H. The van der Waals surface area contributed by atoms with Gasteiger partial charge in [0, 0.05) is 41.5 Å². The van der Waals surface area contributed by atoms with E-state index in [1.807, 2.05) is 41.4 Å². The van der Waals surface area contributed by atoms with Crippen LogP contribution in [0.3, 0.4) is 0 Å². The van der Waals surface area contributed by atoms with Crippen molar-refractivity contribution < 1.29 is 9.53 Å². The predicted octanol–water partition coefficient (Wildman–Crippen LogP) is 3.27. The van der Waals surface area contributed by atoms with Crippen molar-refractivity contribution in [2.45, 2.75) is 12.5 Å². The van der Waals surface area contributed by atoms with Crippen LogP contribution in [0, 0.1) is 0 Å². The average molecular weight is 386 g/mol. The maximum Gasteiger partial charge on any atom is 0.227 e. The zero-order valence-electron chi connectivity index (χ0n) is 13.3. The molecule has 0 aliphatic carbocycles. The van der Waals surface area contributed by atoms with Crippen molar-refractivity contribution >= 4 is 46.5 Å². The summed E-state index contributed by atoms with van der Waals surface area (Å²) >= 11 is 3.32. The summed E-state index contributed by atoms with van der Waals surface area (Å²) in [4.78, 5) is 16.6. The van der Waals surface area contributed by atoms with Gasteiger partial charge in [-0.3, -0.25) is 4.79 Å². The van der Waals surface area contributed by atoms with Crippen LogP contribution in [0.2, 0.25) is 0 Å². The molecule has 0 spiro atoms. The Morgan fingerprint density at radius 3 is 3.04 bits per heavy atom. The Hall–Kier alpha value is -1.28. The zero-order chi connectivity index (χ0) is 16.1. The van der Waals surface area contributed by atoms with E-state index in [1.165, 1.54) is 11.3 Å². The lowest BCUT2D eigenvalue weighted by molar-refractivity contribution is -0.116. The van der Waals surface area contributed by atoms with Gasteiger partial charge in [-0.05, 0) is 12.1 Å². The second-order valence-electron chi connectivity index (χ2n) is 5.22. The molecule has 1 aliphatic rings. The van der Waals surface area contributed by atoms with E-state index in [0.717, 1.165) is 35.1 Å². The topological polar surface area (TPSA) is 63.2 Å². The fourth-order valence-electron chi connectivity index (χ4n) is 2.46. The highest BCUT2D eigenvalue weighted by Gasteiger charge is 2.18. The van der Waals surface area contributed by atoms with E-state index in [9.17, 15) is 4.79 Å². The first kappa shape index (κ1) is 19.1. The molecule has 2 aromatic rings. The number of carbonyl (C=O) groups is 1. The quantitative estimate of drug-likeness (QED) is 0.827. The van der Waals surface area contributed by atoms with Gasteiger partial charge in [0.15, 0.2) is 5.13 Å². The Morgan fingerprint density at radius 2 is 2.29 bits per heavy atom. The van der Waals surface area contributed by atoms with Gasteiger partial charge in [0.1, 0.15) is 5.75 Å². The van der Waals surface area contributed by atoms with Gasteiger partial charge in [-0.15, -0.1) is 23.7 Å². The molecule has 5 nitrogen and oxygen atoms in total. The number of nitrogens with one attached hydrogen (secondary N) is 2. The van der Waals surface area contributed by atoms with E-state index < -0.39 is 0 Å². The molecule has 0 bridgehead atoms. The molecule has 8 heteroatoms. The third kappa shape index (κ3) is 4.86. The number of methoxy groups -OCH3 is 1. The number of halogens is 1. The Labute approximate surface area is 156 Å². The molecule has 2 heterocycles. The fraction of sp³-hybridized carbons (Fsp3) is 0.375. The minimum absolute atomic E-state index is 0. The van der Waals surface area contributed by atoms with E-state index in [-0.39, 0.29) is 24.4 Å². The number of aromatic nitrogens is 1. The first-order valence-corrected chi connectivity index (χ1v) is 9.49. The van der Waals surface area contributed by atoms with Crippen molar-refractivity contribution in [2.75, 3.05) is 30.5 Å². The molecular formula is C16H20ClN3O2S2. The minimum atomic E-state index is 0. The van der Waals surface area contributed by atoms with Gasteiger partial charge < -0.3 is 15.4 Å². The first-order chi connectivity index (χ1) is 11.3. The van der Waals surface area contributed by atoms with E-state index in [4.69, 9.17) is 4.74 Å². The number of nitrogens with zero attached hydrogens (tertiary/aromatic N) is 1. The van der Waals surface area contributed by atoms with Crippen LogP contribution in [-0.4, -0.2) is 42.1 Å². The smallest absolute Gasteiger partial charge is 0.227 e. The lowest BCUT2D eigenvalue weighted by atomic mass is 10.1. The molecule has 0 saturated carbocycles. The predicted molar refractivity (Wildman–Crippen MR) is 104 cm³/mol. The molecule has 1 fully saturated rings. The second kappa shape index (κ2) is 9.27. The normalized spacial score (nSPS) is 17.0. The van der Waals surface area contributed by atoms with E-state index >= 15 is 0 Å². The van der Waals surface area contributed by atoms with Crippen molar-refractivity contribution in [3.8, 4) is 17.0 Å². The van der Waals surface area contributed by atoms with Crippen LogP contribution in [0.4, 0.5) is 5.13 Å². The number of benzene rings is 1. The molecular weight excluding hydrogens is 366 g/mol. The van der Waals surface area contributed by atoms with Crippen molar-refractivity contribution in [1.29, 1.82) is 0 Å². The molecule has 3 rings (SSSR count). The molecule has 1 amide bonds. The van der Waals surface area contributed by atoms with E-state index in [1.54, 1.807) is 7.11 Å². The lowest BCUT2D eigenvalue weighted by Gasteiger charge is -2.22. The fourth-order valence-corrected chi connectivity index (χ4v) is 4.13. The number of carbonyl (C=O) groups excluding carboxylic acids is 1. The van der Waals surface area contributed by atoms with Crippen LogP contribution >= 0.6 is 35.5 Å². The van der Waals surface area contributed by atoms with Crippen LogP contribution in [0.25, 0.3) is 11.3 Å². The zero-order valence-corrected chi connectivity index (χ0v) is 15.7. The third-order valence-corrected chi connectivity index (χ3v) is 5.45. The summed E-state index contributed by atoms with van der Waals surface area (Å²) in [6.07, 6.45) is 0.483. The number of anilines is 1. The Bertz CT molecular complexity index is 675. The van der Waals surface area contributed by atoms with Crippen molar-refractivity contribution in [2.24, 2.45) is 0 Å². The number of thiazole rings is 1. The summed E-state index contributed by atoms with van der Waals surface area (Å²) in [5.74, 6) is 2.88. The van der Waals surface area contributed by atoms with Crippen molar-refractivity contribution in [3.63, 3.8) is 0 Å². The Balaban J connectivity index is 0.00000208. The highest BCUT2D eigenvalue weighted by molar-refractivity contribution is 7.99. The maximum absolute atomic E-state index is 12.1. The summed E-state index contributed by atoms with van der Waals surface area (Å²) in [5.41, 5.74) is 1.74. The van der Waals surface area contributed by atoms with Crippen molar-refractivity contribution in [1.82, 2.24) is 10.3 Å². The first-order valence-electron chi connectivity index (χ1n) is 7.46. The molecule has 130 valence electrons. The second-order valence-corrected chi connectivity index (χ2v) is 7.22. The van der Waals surface area contributed by atoms with Gasteiger partial charge in [-0.1, -0.05) is 12.1 Å². The SMILES string of the molecule is COc1ccccc1-c1csc(NC(=O)CC2CSCCN2)n1.Cl. The van der Waals surface area contributed by atoms with Crippen LogP contribution in [0.15, 0.2) is 29.6 Å². The molecule has 2 N–H and O–H groups in total. The number of para-hydroxylation sites is 1. The Kier molecular flexibility index (Phi) is 7.36. The largest absolute Gasteiger partial charge is 0.496 e. The molecule has 1 aromatic heterocycles. The summed E-state index contributed by atoms with van der Waals surface area (Å²) in [6, 6.07) is 7.98. The van der Waals surface area contributed by atoms with Crippen LogP contribution in [-0.2, 0) is 4.79 Å². The summed E-state index contributed by atoms with van der Waals surface area (Å²) in [6.45, 7) is 0.970. The molecule has 1 unspecified atom stereocenters. The van der Waals surface area contributed by atoms with Gasteiger partial charge in [0.05, 0.1) is 12.8 Å². The number of ether oxygens (including phenoxy) is 1. The monoisotopic (exact) mass is 385 g/mol. The highest BCUT2D eigenvalue weighted by Crippen LogP contribution is 2.31. The molecule has 1 aliphatic heterocycles. The van der Waals surface area contributed by atoms with E-state index in [2.05, 4.69) is 15.6 Å². The number of thioether (sulfide) groups is 1. The molecule has 1 aromatic carbocycles. The third-order valence-electron chi connectivity index (χ3n) is 3.56. The number of hydrogen-bond donors (Lipinski definition) is 2. The summed E-state index contributed by atoms with van der Waals surface area (Å²) < 4.78 is 5.36. The molecule has 0 radical (unpaired) electrons. The summed E-state index contributed by atoms with van der Waals surface area (Å²) in [7, 11) is 1.64. The van der Waals surface area contributed by atoms with Crippen LogP contribution < -0.4 is 15.4 Å². The number of hydrogen-bond acceptors (Lipinski definition) is 6. The van der Waals surface area contributed by atoms with Crippen LogP contribution in [0.5, 0.6) is 5.75 Å².